The van der Waals surface area contributed by atoms with E-state index in [0.717, 1.165) is 12.0 Å². The van der Waals surface area contributed by atoms with Crippen LogP contribution >= 0.6 is 0 Å². The van der Waals surface area contributed by atoms with Crippen molar-refractivity contribution in [3.05, 3.63) is 53.7 Å². The lowest BCUT2D eigenvalue weighted by Crippen LogP contribution is -2.42. The molecule has 6 nitrogen and oxygen atoms in total. The van der Waals surface area contributed by atoms with Gasteiger partial charge in [0.2, 0.25) is 0 Å². The molecule has 1 N–H and O–H groups in total. The molecule has 1 aliphatic heterocycles. The van der Waals surface area contributed by atoms with E-state index in [1.54, 1.807) is 23.1 Å². The molecule has 0 aliphatic carbocycles. The monoisotopic (exact) mass is 434 g/mol. The smallest absolute Gasteiger partial charge is 0.389 e. The second-order valence-corrected chi connectivity index (χ2v) is 7.50. The Morgan fingerprint density at radius 1 is 1.32 bits per heavy atom. The topological polar surface area (TPSA) is 67.4 Å². The van der Waals surface area contributed by atoms with Crippen LogP contribution in [0.5, 0.6) is 5.75 Å². The highest BCUT2D eigenvalue weighted by Crippen LogP contribution is 2.27. The van der Waals surface area contributed by atoms with Crippen molar-refractivity contribution >= 4 is 17.9 Å². The summed E-state index contributed by atoms with van der Waals surface area (Å²) in [7, 11) is 0. The van der Waals surface area contributed by atoms with Crippen LogP contribution in [0.2, 0.25) is 0 Å². The first kappa shape index (κ1) is 22.6. The number of hydrogen-bond acceptors (Lipinski definition) is 4. The fraction of sp³-hybridized carbons (Fsp3) is 0.409. The van der Waals surface area contributed by atoms with Crippen molar-refractivity contribution in [1.82, 2.24) is 15.1 Å². The van der Waals surface area contributed by atoms with Gasteiger partial charge in [-0.25, -0.2) is 4.79 Å². The maximum absolute atomic E-state index is 12.5. The zero-order valence-corrected chi connectivity index (χ0v) is 17.2. The van der Waals surface area contributed by atoms with E-state index in [1.165, 1.54) is 11.8 Å². The van der Waals surface area contributed by atoms with Crippen LogP contribution in [-0.4, -0.2) is 47.0 Å². The van der Waals surface area contributed by atoms with Gasteiger partial charge < -0.3 is 9.64 Å². The van der Waals surface area contributed by atoms with Gasteiger partial charge in [-0.1, -0.05) is 30.7 Å². The fourth-order valence-corrected chi connectivity index (χ4v) is 3.38. The minimum absolute atomic E-state index is 0.0196. The minimum atomic E-state index is -4.16. The van der Waals surface area contributed by atoms with E-state index in [-0.39, 0.29) is 25.0 Å². The molecule has 1 atom stereocenters. The van der Waals surface area contributed by atoms with E-state index < -0.39 is 12.6 Å². The van der Waals surface area contributed by atoms with Crippen LogP contribution in [0.1, 0.15) is 31.7 Å². The van der Waals surface area contributed by atoms with Crippen LogP contribution in [-0.2, 0) is 0 Å². The molecule has 3 rings (SSSR count). The van der Waals surface area contributed by atoms with E-state index >= 15 is 0 Å². The second-order valence-electron chi connectivity index (χ2n) is 7.50. The molecule has 2 heterocycles. The molecule has 0 saturated carbocycles. The molecule has 1 aliphatic rings. The van der Waals surface area contributed by atoms with Crippen molar-refractivity contribution in [2.45, 2.75) is 32.4 Å². The Labute approximate surface area is 179 Å². The molecule has 31 heavy (non-hydrogen) atoms. The van der Waals surface area contributed by atoms with Crippen LogP contribution < -0.4 is 10.1 Å². The highest BCUT2D eigenvalue weighted by atomic mass is 19.4. The maximum atomic E-state index is 12.5. The van der Waals surface area contributed by atoms with Gasteiger partial charge in [-0.15, -0.1) is 5.10 Å². The fourth-order valence-electron chi connectivity index (χ4n) is 3.38. The van der Waals surface area contributed by atoms with E-state index in [9.17, 15) is 18.0 Å². The zero-order chi connectivity index (χ0) is 22.3. The molecule has 0 bridgehead atoms. The Bertz CT molecular complexity index is 903. The highest BCUT2D eigenvalue weighted by Gasteiger charge is 2.26. The maximum Gasteiger partial charge on any atom is 0.389 e. The number of carbonyl (C=O) groups is 1. The van der Waals surface area contributed by atoms with Crippen molar-refractivity contribution in [3.63, 3.8) is 0 Å². The number of amides is 2. The molecule has 9 heteroatoms. The first-order chi connectivity index (χ1) is 14.8. The predicted octanol–water partition coefficient (Wildman–Crippen LogP) is 5.16. The van der Waals surface area contributed by atoms with Crippen molar-refractivity contribution in [2.75, 3.05) is 25.0 Å². The SMILES string of the molecule is CC1CN(C(=O)Nc2cccnn2)CCC1=Cc1cccc(OCCCC(F)(F)F)c1. The van der Waals surface area contributed by atoms with Crippen LogP contribution in [0, 0.1) is 5.92 Å². The quantitative estimate of drug-likeness (QED) is 0.638. The van der Waals surface area contributed by atoms with Gasteiger partial charge in [-0.3, -0.25) is 5.32 Å². The van der Waals surface area contributed by atoms with Crippen LogP contribution in [0.3, 0.4) is 0 Å². The number of aromatic nitrogens is 2. The Kier molecular flexibility index (Phi) is 7.49. The average Bonchev–Trinajstić information content (AvgIpc) is 2.73. The summed E-state index contributed by atoms with van der Waals surface area (Å²) >= 11 is 0. The molecule has 1 saturated heterocycles. The molecular formula is C22H25F3N4O2. The number of ether oxygens (including phenoxy) is 1. The summed E-state index contributed by atoms with van der Waals surface area (Å²) < 4.78 is 42.2. The summed E-state index contributed by atoms with van der Waals surface area (Å²) in [5, 5.41) is 10.4. The standard InChI is InChI=1S/C22H25F3N4O2/c1-16-15-29(21(30)27-20-7-3-10-26-28-20)11-8-18(16)13-17-5-2-6-19(14-17)31-12-4-9-22(23,24)25/h2-3,5-7,10,13-14,16H,4,8-9,11-12,15H2,1H3,(H,27,28,30). The number of rotatable bonds is 6. The molecule has 1 aromatic heterocycles. The number of urea groups is 1. The minimum Gasteiger partial charge on any atom is -0.494 e. The third-order valence-electron chi connectivity index (χ3n) is 4.98. The van der Waals surface area contributed by atoms with E-state index in [0.29, 0.717) is 24.7 Å². The van der Waals surface area contributed by atoms with Crippen molar-refractivity contribution in [2.24, 2.45) is 5.92 Å². The lowest BCUT2D eigenvalue weighted by atomic mass is 9.91. The molecule has 1 fully saturated rings. The summed E-state index contributed by atoms with van der Waals surface area (Å²) in [4.78, 5) is 14.2. The molecular weight excluding hydrogens is 409 g/mol. The molecule has 166 valence electrons. The van der Waals surface area contributed by atoms with Gasteiger partial charge in [0.1, 0.15) is 5.75 Å². The number of carbonyl (C=O) groups excluding carboxylic acids is 1. The summed E-state index contributed by atoms with van der Waals surface area (Å²) in [5.74, 6) is 1.12. The predicted molar refractivity (Wildman–Crippen MR) is 112 cm³/mol. The number of halogens is 3. The first-order valence-electron chi connectivity index (χ1n) is 10.1. The Morgan fingerprint density at radius 3 is 2.87 bits per heavy atom. The van der Waals surface area contributed by atoms with E-state index in [1.807, 2.05) is 18.2 Å². The van der Waals surface area contributed by atoms with Crippen molar-refractivity contribution < 1.29 is 22.7 Å². The molecule has 0 radical (unpaired) electrons. The average molecular weight is 434 g/mol. The van der Waals surface area contributed by atoms with Gasteiger partial charge in [0.15, 0.2) is 5.82 Å². The lowest BCUT2D eigenvalue weighted by Gasteiger charge is -2.33. The number of anilines is 1. The summed E-state index contributed by atoms with van der Waals surface area (Å²) in [5.41, 5.74) is 2.13. The number of benzene rings is 1. The molecule has 1 unspecified atom stereocenters. The lowest BCUT2D eigenvalue weighted by molar-refractivity contribution is -0.136. The van der Waals surface area contributed by atoms with Crippen LogP contribution in [0.4, 0.5) is 23.8 Å². The van der Waals surface area contributed by atoms with Gasteiger partial charge in [-0.2, -0.15) is 18.3 Å². The summed E-state index contributed by atoms with van der Waals surface area (Å²) in [6.07, 6.45) is -0.755. The Morgan fingerprint density at radius 2 is 2.16 bits per heavy atom. The molecule has 2 amide bonds. The van der Waals surface area contributed by atoms with Crippen LogP contribution in [0.15, 0.2) is 48.2 Å². The molecule has 2 aromatic rings. The highest BCUT2D eigenvalue weighted by molar-refractivity contribution is 5.88. The first-order valence-corrected chi connectivity index (χ1v) is 10.1. The Hall–Kier alpha value is -3.10. The number of piperidine rings is 1. The van der Waals surface area contributed by atoms with Gasteiger partial charge in [0.25, 0.3) is 0 Å². The van der Waals surface area contributed by atoms with E-state index in [4.69, 9.17) is 4.74 Å². The summed E-state index contributed by atoms with van der Waals surface area (Å²) in [6.45, 7) is 3.23. The number of likely N-dealkylation sites (tertiary alicyclic amines) is 1. The van der Waals surface area contributed by atoms with Gasteiger partial charge in [0, 0.05) is 25.7 Å². The number of nitrogens with zero attached hydrogens (tertiary/aromatic N) is 3. The van der Waals surface area contributed by atoms with Crippen molar-refractivity contribution in [1.29, 1.82) is 0 Å². The Balaban J connectivity index is 1.54. The summed E-state index contributed by atoms with van der Waals surface area (Å²) in [6, 6.07) is 10.5. The van der Waals surface area contributed by atoms with Crippen LogP contribution in [0.25, 0.3) is 6.08 Å². The third kappa shape index (κ3) is 7.27. The van der Waals surface area contributed by atoms with Crippen molar-refractivity contribution in [3.8, 4) is 5.75 Å². The number of nitrogens with one attached hydrogen (secondary N) is 1. The normalized spacial score (nSPS) is 18.1. The van der Waals surface area contributed by atoms with Gasteiger partial charge >= 0.3 is 12.2 Å². The largest absolute Gasteiger partial charge is 0.494 e. The van der Waals surface area contributed by atoms with Gasteiger partial charge in [0.05, 0.1) is 6.61 Å². The van der Waals surface area contributed by atoms with Gasteiger partial charge in [-0.05, 0) is 48.6 Å². The third-order valence-corrected chi connectivity index (χ3v) is 4.98. The van der Waals surface area contributed by atoms with E-state index in [2.05, 4.69) is 28.5 Å². The second kappa shape index (κ2) is 10.3. The molecule has 1 aromatic carbocycles. The zero-order valence-electron chi connectivity index (χ0n) is 17.2. The molecule has 0 spiro atoms. The number of alkyl halides is 3. The number of hydrogen-bond donors (Lipinski definition) is 1.